The van der Waals surface area contributed by atoms with Crippen molar-refractivity contribution in [3.05, 3.63) is 27.8 Å². The molecule has 2 rings (SSSR count). The van der Waals surface area contributed by atoms with Crippen molar-refractivity contribution >= 4 is 23.1 Å². The van der Waals surface area contributed by atoms with Gasteiger partial charge in [0.15, 0.2) is 0 Å². The van der Waals surface area contributed by atoms with Gasteiger partial charge in [-0.1, -0.05) is 6.92 Å². The number of rotatable bonds is 6. The molecule has 1 amide bonds. The van der Waals surface area contributed by atoms with Crippen molar-refractivity contribution in [3.63, 3.8) is 0 Å². The Kier molecular flexibility index (Phi) is 5.06. The van der Waals surface area contributed by atoms with E-state index in [0.717, 1.165) is 22.8 Å². The number of aromatic nitrogens is 3. The maximum atomic E-state index is 12.1. The van der Waals surface area contributed by atoms with Crippen LogP contribution < -0.4 is 5.32 Å². The number of nitrogens with one attached hydrogen (secondary N) is 1. The third-order valence-electron chi connectivity index (χ3n) is 2.85. The van der Waals surface area contributed by atoms with E-state index < -0.39 is 0 Å². The normalized spacial score (nSPS) is 10.3. The van der Waals surface area contributed by atoms with E-state index in [1.165, 1.54) is 0 Å². The zero-order valence-corrected chi connectivity index (χ0v) is 12.9. The number of aryl methyl sites for hydroxylation is 3. The Morgan fingerprint density at radius 3 is 3.05 bits per heavy atom. The van der Waals surface area contributed by atoms with Crippen molar-refractivity contribution < 1.29 is 4.79 Å². The SMILES string of the molecule is CCc1nc(CC(=O)Nc2cc(C)nn2CCC#N)cs1. The van der Waals surface area contributed by atoms with Gasteiger partial charge >= 0.3 is 0 Å². The van der Waals surface area contributed by atoms with Crippen LogP contribution in [0.4, 0.5) is 5.82 Å². The van der Waals surface area contributed by atoms with Crippen LogP contribution in [0.25, 0.3) is 0 Å². The molecule has 0 aliphatic carbocycles. The first-order chi connectivity index (χ1) is 10.1. The summed E-state index contributed by atoms with van der Waals surface area (Å²) >= 11 is 1.57. The molecule has 0 radical (unpaired) electrons. The fourth-order valence-electron chi connectivity index (χ4n) is 1.92. The average Bonchev–Trinajstić information content (AvgIpc) is 3.03. The van der Waals surface area contributed by atoms with Crippen molar-refractivity contribution in [3.8, 4) is 6.07 Å². The Hall–Kier alpha value is -2.20. The average molecular weight is 303 g/mol. The fraction of sp³-hybridized carbons (Fsp3) is 0.429. The van der Waals surface area contributed by atoms with E-state index in [4.69, 9.17) is 5.26 Å². The highest BCUT2D eigenvalue weighted by atomic mass is 32.1. The number of carbonyl (C=O) groups is 1. The molecule has 0 fully saturated rings. The van der Waals surface area contributed by atoms with E-state index in [2.05, 4.69) is 21.5 Å². The van der Waals surface area contributed by atoms with Crippen LogP contribution in [-0.4, -0.2) is 20.7 Å². The van der Waals surface area contributed by atoms with Gasteiger partial charge in [0.25, 0.3) is 0 Å². The minimum Gasteiger partial charge on any atom is -0.311 e. The van der Waals surface area contributed by atoms with Crippen molar-refractivity contribution in [1.82, 2.24) is 14.8 Å². The molecule has 7 heteroatoms. The van der Waals surface area contributed by atoms with Gasteiger partial charge in [0.1, 0.15) is 5.82 Å². The summed E-state index contributed by atoms with van der Waals surface area (Å²) in [4.78, 5) is 16.4. The Bertz CT molecular complexity index is 667. The van der Waals surface area contributed by atoms with Gasteiger partial charge in [0, 0.05) is 11.4 Å². The molecular formula is C14H17N5OS. The van der Waals surface area contributed by atoms with E-state index in [0.29, 0.717) is 18.8 Å². The van der Waals surface area contributed by atoms with Gasteiger partial charge in [-0.05, 0) is 13.3 Å². The summed E-state index contributed by atoms with van der Waals surface area (Å²) in [6.07, 6.45) is 1.49. The molecule has 0 unspecified atom stereocenters. The van der Waals surface area contributed by atoms with Gasteiger partial charge in [-0.2, -0.15) is 10.4 Å². The molecular weight excluding hydrogens is 286 g/mol. The summed E-state index contributed by atoms with van der Waals surface area (Å²) in [5, 5.41) is 18.7. The Morgan fingerprint density at radius 1 is 1.57 bits per heavy atom. The van der Waals surface area contributed by atoms with E-state index >= 15 is 0 Å². The first-order valence-electron chi connectivity index (χ1n) is 6.77. The summed E-state index contributed by atoms with van der Waals surface area (Å²) in [5.74, 6) is 0.500. The van der Waals surface area contributed by atoms with Crippen molar-refractivity contribution in [2.75, 3.05) is 5.32 Å². The van der Waals surface area contributed by atoms with Gasteiger partial charge in [0.05, 0.1) is 41.9 Å². The third-order valence-corrected chi connectivity index (χ3v) is 3.89. The molecule has 0 aromatic carbocycles. The van der Waals surface area contributed by atoms with Crippen molar-refractivity contribution in [2.45, 2.75) is 39.7 Å². The Balaban J connectivity index is 2.00. The zero-order valence-electron chi connectivity index (χ0n) is 12.1. The lowest BCUT2D eigenvalue weighted by atomic mass is 10.3. The Labute approximate surface area is 127 Å². The molecule has 6 nitrogen and oxygen atoms in total. The second-order valence-corrected chi connectivity index (χ2v) is 5.56. The number of carbonyl (C=O) groups excluding carboxylic acids is 1. The standard InChI is InChI=1S/C14H17N5OS/c1-3-14-16-11(9-21-14)8-13(20)17-12-7-10(2)18-19(12)6-4-5-15/h7,9H,3-4,6,8H2,1-2H3,(H,17,20). The number of hydrogen-bond donors (Lipinski definition) is 1. The minimum absolute atomic E-state index is 0.124. The number of nitrogens with zero attached hydrogens (tertiary/aromatic N) is 4. The molecule has 0 aliphatic heterocycles. The monoisotopic (exact) mass is 303 g/mol. The van der Waals surface area contributed by atoms with Crippen molar-refractivity contribution in [1.29, 1.82) is 5.26 Å². The molecule has 0 saturated carbocycles. The number of hydrogen-bond acceptors (Lipinski definition) is 5. The largest absolute Gasteiger partial charge is 0.311 e. The minimum atomic E-state index is -0.124. The van der Waals surface area contributed by atoms with E-state index in [9.17, 15) is 4.79 Å². The molecule has 110 valence electrons. The Morgan fingerprint density at radius 2 is 2.38 bits per heavy atom. The van der Waals surface area contributed by atoms with Gasteiger partial charge in [0.2, 0.25) is 5.91 Å². The van der Waals surface area contributed by atoms with Crippen LogP contribution in [0.5, 0.6) is 0 Å². The molecule has 2 heterocycles. The predicted octanol–water partition coefficient (Wildman–Crippen LogP) is 2.31. The van der Waals surface area contributed by atoms with Crippen molar-refractivity contribution in [2.24, 2.45) is 0 Å². The van der Waals surface area contributed by atoms with Crippen LogP contribution in [0.1, 0.15) is 29.7 Å². The maximum Gasteiger partial charge on any atom is 0.231 e. The lowest BCUT2D eigenvalue weighted by Crippen LogP contribution is -2.18. The molecule has 2 aromatic rings. The van der Waals surface area contributed by atoms with Crippen LogP contribution in [-0.2, 0) is 24.2 Å². The van der Waals surface area contributed by atoms with Crippen LogP contribution in [0, 0.1) is 18.3 Å². The highest BCUT2D eigenvalue weighted by Gasteiger charge is 2.11. The maximum absolute atomic E-state index is 12.1. The van der Waals surface area contributed by atoms with Crippen LogP contribution in [0.15, 0.2) is 11.4 Å². The first-order valence-corrected chi connectivity index (χ1v) is 7.65. The second-order valence-electron chi connectivity index (χ2n) is 4.61. The lowest BCUT2D eigenvalue weighted by molar-refractivity contribution is -0.115. The summed E-state index contributed by atoms with van der Waals surface area (Å²) in [5.41, 5.74) is 1.60. The van der Waals surface area contributed by atoms with Crippen LogP contribution in [0.2, 0.25) is 0 Å². The predicted molar refractivity (Wildman–Crippen MR) is 81.0 cm³/mol. The molecule has 2 aromatic heterocycles. The van der Waals surface area contributed by atoms with Gasteiger partial charge in [-0.3, -0.25) is 4.79 Å². The third kappa shape index (κ3) is 4.13. The summed E-state index contributed by atoms with van der Waals surface area (Å²) < 4.78 is 1.65. The number of anilines is 1. The molecule has 0 bridgehead atoms. The molecule has 21 heavy (non-hydrogen) atoms. The van der Waals surface area contributed by atoms with Gasteiger partial charge < -0.3 is 5.32 Å². The molecule has 0 spiro atoms. The summed E-state index contributed by atoms with van der Waals surface area (Å²) in [7, 11) is 0. The summed E-state index contributed by atoms with van der Waals surface area (Å²) in [6.45, 7) is 4.36. The number of thiazole rings is 1. The molecule has 0 saturated heterocycles. The molecule has 1 N–H and O–H groups in total. The van der Waals surface area contributed by atoms with E-state index in [1.54, 1.807) is 22.1 Å². The van der Waals surface area contributed by atoms with E-state index in [-0.39, 0.29) is 12.3 Å². The lowest BCUT2D eigenvalue weighted by Gasteiger charge is -2.06. The van der Waals surface area contributed by atoms with Gasteiger partial charge in [-0.15, -0.1) is 11.3 Å². The zero-order chi connectivity index (χ0) is 15.2. The van der Waals surface area contributed by atoms with Gasteiger partial charge in [-0.25, -0.2) is 9.67 Å². The topological polar surface area (TPSA) is 83.6 Å². The first kappa shape index (κ1) is 15.2. The highest BCUT2D eigenvalue weighted by Crippen LogP contribution is 2.13. The quantitative estimate of drug-likeness (QED) is 0.887. The second kappa shape index (κ2) is 6.99. The van der Waals surface area contributed by atoms with Crippen LogP contribution >= 0.6 is 11.3 Å². The molecule has 0 aliphatic rings. The smallest absolute Gasteiger partial charge is 0.231 e. The van der Waals surface area contributed by atoms with Crippen LogP contribution in [0.3, 0.4) is 0 Å². The fourth-order valence-corrected chi connectivity index (χ4v) is 2.66. The number of nitriles is 1. The highest BCUT2D eigenvalue weighted by molar-refractivity contribution is 7.09. The number of amides is 1. The summed E-state index contributed by atoms with van der Waals surface area (Å²) in [6, 6.07) is 3.87. The van der Waals surface area contributed by atoms with E-state index in [1.807, 2.05) is 19.2 Å². The molecule has 0 atom stereocenters.